The van der Waals surface area contributed by atoms with Gasteiger partial charge in [0, 0.05) is 30.9 Å². The number of methoxy groups -OCH3 is 1. The highest BCUT2D eigenvalue weighted by molar-refractivity contribution is 5.99. The standard InChI is InChI=1S/C25H26FN3O3/c1-28-20-9-6-18(26)14-17(20)15-21(28)24(31)29-13-3-11-25(12-10-22(30)27-25)23(29)16-4-7-19(32-2)8-5-16/h4-9,14-15,23H,3,10-13H2,1-2H3,(H,27,30)/t23-,25+/m1/s1. The minimum Gasteiger partial charge on any atom is -0.497 e. The number of aryl methyl sites for hydroxylation is 1. The Morgan fingerprint density at radius 2 is 1.94 bits per heavy atom. The number of halogens is 1. The molecule has 0 radical (unpaired) electrons. The molecule has 0 saturated carbocycles. The van der Waals surface area contributed by atoms with Crippen LogP contribution in [0.4, 0.5) is 4.39 Å². The third-order valence-electron chi connectivity index (χ3n) is 6.96. The molecule has 166 valence electrons. The van der Waals surface area contributed by atoms with Crippen molar-refractivity contribution < 1.29 is 18.7 Å². The molecule has 1 spiro atoms. The second kappa shape index (κ2) is 7.65. The number of nitrogens with zero attached hydrogens (tertiary/aromatic N) is 2. The third kappa shape index (κ3) is 3.23. The zero-order valence-corrected chi connectivity index (χ0v) is 18.2. The summed E-state index contributed by atoms with van der Waals surface area (Å²) in [5.41, 5.74) is 1.78. The Bertz CT molecular complexity index is 1200. The summed E-state index contributed by atoms with van der Waals surface area (Å²) in [6.45, 7) is 0.586. The Labute approximate surface area is 186 Å². The lowest BCUT2D eigenvalue weighted by Gasteiger charge is -2.48. The maximum atomic E-state index is 13.9. The highest BCUT2D eigenvalue weighted by Gasteiger charge is 2.51. The van der Waals surface area contributed by atoms with Crippen molar-refractivity contribution in [2.75, 3.05) is 13.7 Å². The van der Waals surface area contributed by atoms with Gasteiger partial charge in [-0.3, -0.25) is 9.59 Å². The van der Waals surface area contributed by atoms with Gasteiger partial charge in [0.2, 0.25) is 5.91 Å². The molecule has 2 saturated heterocycles. The van der Waals surface area contributed by atoms with E-state index in [-0.39, 0.29) is 23.7 Å². The van der Waals surface area contributed by atoms with Crippen molar-refractivity contribution in [2.45, 2.75) is 37.3 Å². The van der Waals surface area contributed by atoms with Gasteiger partial charge in [0.15, 0.2) is 0 Å². The molecule has 3 heterocycles. The topological polar surface area (TPSA) is 63.6 Å². The molecule has 2 amide bonds. The number of likely N-dealkylation sites (tertiary alicyclic amines) is 1. The van der Waals surface area contributed by atoms with Gasteiger partial charge < -0.3 is 19.5 Å². The highest BCUT2D eigenvalue weighted by Crippen LogP contribution is 2.45. The third-order valence-corrected chi connectivity index (χ3v) is 6.96. The molecule has 2 aliphatic rings. The van der Waals surface area contributed by atoms with Gasteiger partial charge in [-0.2, -0.15) is 0 Å². The summed E-state index contributed by atoms with van der Waals surface area (Å²) in [5.74, 6) is 0.314. The van der Waals surface area contributed by atoms with Gasteiger partial charge in [0.1, 0.15) is 17.3 Å². The molecule has 0 aliphatic carbocycles. The first-order valence-corrected chi connectivity index (χ1v) is 10.9. The number of piperidine rings is 1. The maximum Gasteiger partial charge on any atom is 0.271 e. The summed E-state index contributed by atoms with van der Waals surface area (Å²) in [7, 11) is 3.44. The van der Waals surface area contributed by atoms with Crippen molar-refractivity contribution in [3.05, 3.63) is 65.6 Å². The SMILES string of the molecule is COc1ccc([C@H]2N(C(=O)c3cc4cc(F)ccc4n3C)CCC[C@]23CCC(=O)N3)cc1. The van der Waals surface area contributed by atoms with Crippen molar-refractivity contribution in [1.82, 2.24) is 14.8 Å². The average molecular weight is 435 g/mol. The molecule has 1 aromatic heterocycles. The summed E-state index contributed by atoms with van der Waals surface area (Å²) in [4.78, 5) is 28.0. The van der Waals surface area contributed by atoms with Crippen LogP contribution in [0.5, 0.6) is 5.75 Å². The van der Waals surface area contributed by atoms with Crippen LogP contribution in [0, 0.1) is 5.82 Å². The second-order valence-electron chi connectivity index (χ2n) is 8.77. The molecule has 6 nitrogen and oxygen atoms in total. The van der Waals surface area contributed by atoms with E-state index in [4.69, 9.17) is 4.74 Å². The molecule has 0 bridgehead atoms. The zero-order valence-electron chi connectivity index (χ0n) is 18.2. The average Bonchev–Trinajstić information content (AvgIpc) is 3.32. The number of benzene rings is 2. The Morgan fingerprint density at radius 3 is 2.62 bits per heavy atom. The van der Waals surface area contributed by atoms with Crippen LogP contribution >= 0.6 is 0 Å². The molecular formula is C25H26FN3O3. The smallest absolute Gasteiger partial charge is 0.271 e. The number of aromatic nitrogens is 1. The number of carbonyl (C=O) groups excluding carboxylic acids is 2. The Morgan fingerprint density at radius 1 is 1.16 bits per heavy atom. The number of hydrogen-bond acceptors (Lipinski definition) is 3. The summed E-state index contributed by atoms with van der Waals surface area (Å²) >= 11 is 0. The maximum absolute atomic E-state index is 13.9. The van der Waals surface area contributed by atoms with Gasteiger partial charge in [-0.05, 0) is 61.2 Å². The van der Waals surface area contributed by atoms with Gasteiger partial charge in [0.05, 0.1) is 18.7 Å². The lowest BCUT2D eigenvalue weighted by atomic mass is 9.76. The van der Waals surface area contributed by atoms with E-state index < -0.39 is 5.54 Å². The summed E-state index contributed by atoms with van der Waals surface area (Å²) in [5, 5.41) is 3.90. The van der Waals surface area contributed by atoms with E-state index in [1.165, 1.54) is 12.1 Å². The van der Waals surface area contributed by atoms with E-state index in [1.807, 2.05) is 40.8 Å². The lowest BCUT2D eigenvalue weighted by molar-refractivity contribution is -0.120. The van der Waals surface area contributed by atoms with Crippen LogP contribution in [-0.2, 0) is 11.8 Å². The molecule has 2 aliphatic heterocycles. The van der Waals surface area contributed by atoms with Crippen LogP contribution < -0.4 is 10.1 Å². The molecule has 2 atom stereocenters. The molecule has 5 rings (SSSR count). The fourth-order valence-electron chi connectivity index (χ4n) is 5.44. The molecule has 32 heavy (non-hydrogen) atoms. The summed E-state index contributed by atoms with van der Waals surface area (Å²) in [6.07, 6.45) is 2.77. The first-order valence-electron chi connectivity index (χ1n) is 10.9. The van der Waals surface area contributed by atoms with Gasteiger partial charge >= 0.3 is 0 Å². The van der Waals surface area contributed by atoms with Crippen molar-refractivity contribution in [1.29, 1.82) is 0 Å². The van der Waals surface area contributed by atoms with E-state index in [1.54, 1.807) is 19.2 Å². The predicted octanol–water partition coefficient (Wildman–Crippen LogP) is 3.95. The molecule has 3 aromatic rings. The number of fused-ring (bicyclic) bond motifs is 1. The molecular weight excluding hydrogens is 409 g/mol. The number of carbonyl (C=O) groups is 2. The Kier molecular flexibility index (Phi) is 4.92. The van der Waals surface area contributed by atoms with E-state index >= 15 is 0 Å². The van der Waals surface area contributed by atoms with Gasteiger partial charge in [0.25, 0.3) is 5.91 Å². The van der Waals surface area contributed by atoms with Crippen LogP contribution in [0.15, 0.2) is 48.5 Å². The van der Waals surface area contributed by atoms with Gasteiger partial charge in [-0.15, -0.1) is 0 Å². The minimum absolute atomic E-state index is 0.0258. The number of rotatable bonds is 3. The van der Waals surface area contributed by atoms with E-state index in [0.717, 1.165) is 29.7 Å². The monoisotopic (exact) mass is 435 g/mol. The highest BCUT2D eigenvalue weighted by atomic mass is 19.1. The van der Waals surface area contributed by atoms with Crippen molar-refractivity contribution in [3.8, 4) is 5.75 Å². The van der Waals surface area contributed by atoms with Gasteiger partial charge in [-0.25, -0.2) is 4.39 Å². The Hall–Kier alpha value is -3.35. The number of hydrogen-bond donors (Lipinski definition) is 1. The minimum atomic E-state index is -0.490. The number of nitrogens with one attached hydrogen (secondary N) is 1. The predicted molar refractivity (Wildman–Crippen MR) is 119 cm³/mol. The quantitative estimate of drug-likeness (QED) is 0.678. The molecule has 7 heteroatoms. The van der Waals surface area contributed by atoms with Crippen LogP contribution in [0.2, 0.25) is 0 Å². The van der Waals surface area contributed by atoms with Crippen LogP contribution in [0.1, 0.15) is 47.8 Å². The zero-order chi connectivity index (χ0) is 22.5. The molecule has 0 unspecified atom stereocenters. The van der Waals surface area contributed by atoms with Crippen LogP contribution in [0.3, 0.4) is 0 Å². The first kappa shape index (κ1) is 20.5. The normalized spacial score (nSPS) is 23.0. The fourth-order valence-corrected chi connectivity index (χ4v) is 5.44. The summed E-state index contributed by atoms with van der Waals surface area (Å²) < 4.78 is 20.9. The molecule has 1 N–H and O–H groups in total. The van der Waals surface area contributed by atoms with Crippen molar-refractivity contribution in [3.63, 3.8) is 0 Å². The molecule has 2 aromatic carbocycles. The molecule has 2 fully saturated rings. The Balaban J connectivity index is 1.59. The van der Waals surface area contributed by atoms with Crippen LogP contribution in [-0.4, -0.2) is 40.5 Å². The second-order valence-corrected chi connectivity index (χ2v) is 8.77. The lowest BCUT2D eigenvalue weighted by Crippen LogP contribution is -2.58. The fraction of sp³-hybridized carbons (Fsp3) is 0.360. The largest absolute Gasteiger partial charge is 0.497 e. The number of ether oxygens (including phenoxy) is 1. The van der Waals surface area contributed by atoms with E-state index in [9.17, 15) is 14.0 Å². The van der Waals surface area contributed by atoms with E-state index in [2.05, 4.69) is 5.32 Å². The first-order chi connectivity index (χ1) is 15.4. The summed E-state index contributed by atoms with van der Waals surface area (Å²) in [6, 6.07) is 13.7. The van der Waals surface area contributed by atoms with Gasteiger partial charge in [-0.1, -0.05) is 12.1 Å². The van der Waals surface area contributed by atoms with E-state index in [0.29, 0.717) is 30.5 Å². The van der Waals surface area contributed by atoms with Crippen LogP contribution in [0.25, 0.3) is 10.9 Å². The van der Waals surface area contributed by atoms with Crippen molar-refractivity contribution in [2.24, 2.45) is 7.05 Å². The van der Waals surface area contributed by atoms with Crippen molar-refractivity contribution >= 4 is 22.7 Å². The number of amides is 2.